The zero-order valence-electron chi connectivity index (χ0n) is 33.8. The van der Waals surface area contributed by atoms with Gasteiger partial charge in [-0.2, -0.15) is 0 Å². The van der Waals surface area contributed by atoms with Gasteiger partial charge in [0.25, 0.3) is 0 Å². The molecule has 0 aromatic rings. The van der Waals surface area contributed by atoms with E-state index in [-0.39, 0.29) is 35.7 Å². The van der Waals surface area contributed by atoms with Crippen molar-refractivity contribution in [2.24, 2.45) is 23.7 Å². The lowest BCUT2D eigenvalue weighted by Gasteiger charge is -2.31. The first-order valence-electron chi connectivity index (χ1n) is 18.8. The normalized spacial score (nSPS) is 13.9. The van der Waals surface area contributed by atoms with Crippen molar-refractivity contribution in [1.82, 2.24) is 0 Å². The van der Waals surface area contributed by atoms with Crippen LogP contribution in [0.5, 0.6) is 0 Å². The second-order valence-corrected chi connectivity index (χ2v) is 23.3. The van der Waals surface area contributed by atoms with E-state index in [2.05, 4.69) is 46.6 Å². The molecule has 0 aliphatic carbocycles. The fourth-order valence-corrected chi connectivity index (χ4v) is 12.2. The van der Waals surface area contributed by atoms with Crippen LogP contribution in [0.15, 0.2) is 0 Å². The minimum atomic E-state index is -1.58. The van der Waals surface area contributed by atoms with Crippen molar-refractivity contribution in [3.05, 3.63) is 0 Å². The maximum Gasteiger partial charge on any atom is 0.308 e. The number of unbranched alkanes of at least 4 members (excludes halogenated alkanes) is 1. The Bertz CT molecular complexity index is 787. The number of hydrogen-bond donors (Lipinski definition) is 0. The van der Waals surface area contributed by atoms with E-state index >= 15 is 0 Å². The molecule has 0 N–H and O–H groups in total. The van der Waals surface area contributed by atoms with Gasteiger partial charge in [-0.15, -0.1) is 0 Å². The molecule has 0 saturated heterocycles. The van der Waals surface area contributed by atoms with Crippen LogP contribution in [0.1, 0.15) is 114 Å². The third-order valence-electron chi connectivity index (χ3n) is 7.85. The maximum absolute atomic E-state index is 11.5. The van der Waals surface area contributed by atoms with Gasteiger partial charge in [0.15, 0.2) is 16.6 Å². The zero-order valence-corrected chi connectivity index (χ0v) is 35.8. The first kappa shape index (κ1) is 51.1. The van der Waals surface area contributed by atoms with E-state index in [9.17, 15) is 14.4 Å². The predicted molar refractivity (Wildman–Crippen MR) is 203 cm³/mol. The predicted octanol–water partition coefficient (Wildman–Crippen LogP) is 9.44. The van der Waals surface area contributed by atoms with E-state index in [1.165, 1.54) is 19.3 Å². The number of esters is 3. The van der Waals surface area contributed by atoms with Gasteiger partial charge in [0.2, 0.25) is 0 Å². The van der Waals surface area contributed by atoms with Gasteiger partial charge in [0.05, 0.1) is 50.8 Å². The minimum absolute atomic E-state index is 0.0200. The molecule has 0 aromatic carbocycles. The molecule has 11 heteroatoms. The highest BCUT2D eigenvalue weighted by atomic mass is 28.4. The highest BCUT2D eigenvalue weighted by molar-refractivity contribution is 6.84. The summed E-state index contributed by atoms with van der Waals surface area (Å²) >= 11 is 0. The lowest BCUT2D eigenvalue weighted by atomic mass is 10.0. The molecule has 0 rings (SSSR count). The Balaban J connectivity index is -0.000000637. The average molecular weight is 723 g/mol. The highest BCUT2D eigenvalue weighted by Crippen LogP contribution is 2.20. The molecule has 0 spiro atoms. The molecule has 288 valence electrons. The van der Waals surface area contributed by atoms with Gasteiger partial charge in [0, 0.05) is 6.61 Å². The monoisotopic (exact) mass is 723 g/mol. The fraction of sp³-hybridized carbons (Fsp3) is 0.919. The number of ether oxygens (including phenoxy) is 5. The highest BCUT2D eigenvalue weighted by Gasteiger charge is 2.29. The molecule has 0 aliphatic heterocycles. The van der Waals surface area contributed by atoms with Gasteiger partial charge >= 0.3 is 17.9 Å². The van der Waals surface area contributed by atoms with Crippen molar-refractivity contribution < 1.29 is 42.2 Å². The third kappa shape index (κ3) is 33.2. The Kier molecular flexibility index (Phi) is 33.7. The molecule has 4 unspecified atom stereocenters. The molecule has 0 aromatic heterocycles. The van der Waals surface area contributed by atoms with Crippen molar-refractivity contribution in [2.45, 2.75) is 152 Å². The lowest BCUT2D eigenvalue weighted by molar-refractivity contribution is -0.150. The summed E-state index contributed by atoms with van der Waals surface area (Å²) in [6.45, 7) is 32.9. The van der Waals surface area contributed by atoms with Crippen molar-refractivity contribution in [2.75, 3.05) is 46.2 Å². The van der Waals surface area contributed by atoms with Crippen LogP contribution < -0.4 is 0 Å². The minimum Gasteiger partial charge on any atom is -0.465 e. The summed E-state index contributed by atoms with van der Waals surface area (Å²) in [4.78, 5) is 34.1. The smallest absolute Gasteiger partial charge is 0.308 e. The summed E-state index contributed by atoms with van der Waals surface area (Å²) in [7, 11) is -3.02. The SMILES string of the molecule is CCC(C)C(=O)OCCC[Si](C)(C)O[Si](C)(C)C.CCCCC(CC)COC(=O)C(C)CC.CCOCCOCCOC(=O)C(C)CC. The van der Waals surface area contributed by atoms with Crippen LogP contribution in [0, 0.1) is 23.7 Å². The Morgan fingerprint density at radius 3 is 1.46 bits per heavy atom. The largest absolute Gasteiger partial charge is 0.465 e. The summed E-state index contributed by atoms with van der Waals surface area (Å²) in [6.07, 6.45) is 8.18. The van der Waals surface area contributed by atoms with Crippen LogP contribution >= 0.6 is 0 Å². The number of hydrogen-bond acceptors (Lipinski definition) is 9. The summed E-state index contributed by atoms with van der Waals surface area (Å²) in [6, 6.07) is 1.06. The first-order chi connectivity index (χ1) is 22.4. The van der Waals surface area contributed by atoms with E-state index in [1.54, 1.807) is 0 Å². The van der Waals surface area contributed by atoms with Gasteiger partial charge in [0.1, 0.15) is 6.61 Å². The van der Waals surface area contributed by atoms with Crippen LogP contribution in [0.3, 0.4) is 0 Å². The Morgan fingerprint density at radius 1 is 0.562 bits per heavy atom. The fourth-order valence-electron chi connectivity index (χ4n) is 4.14. The Labute approximate surface area is 298 Å². The van der Waals surface area contributed by atoms with Crippen LogP contribution in [-0.4, -0.2) is 80.8 Å². The molecule has 0 saturated carbocycles. The second kappa shape index (κ2) is 31.7. The average Bonchev–Trinajstić information content (AvgIpc) is 3.04. The summed E-state index contributed by atoms with van der Waals surface area (Å²) < 4.78 is 32.1. The first-order valence-corrected chi connectivity index (χ1v) is 25.3. The molecule has 9 nitrogen and oxygen atoms in total. The van der Waals surface area contributed by atoms with Gasteiger partial charge in [-0.05, 0) is 83.7 Å². The summed E-state index contributed by atoms with van der Waals surface area (Å²) in [5.41, 5.74) is 0. The van der Waals surface area contributed by atoms with E-state index < -0.39 is 16.6 Å². The van der Waals surface area contributed by atoms with E-state index in [4.69, 9.17) is 27.8 Å². The number of carbonyl (C=O) groups is 3. The van der Waals surface area contributed by atoms with Gasteiger partial charge in [-0.3, -0.25) is 14.4 Å². The molecule has 0 heterocycles. The van der Waals surface area contributed by atoms with Crippen LogP contribution in [-0.2, 0) is 42.2 Å². The van der Waals surface area contributed by atoms with E-state index in [1.807, 2.05) is 48.5 Å². The standard InChI is InChI=1S/C13H30O3Si2.C13H26O2.C11H22O4/c1-8-12(2)13(14)15-10-9-11-18(6,7)16-17(3,4)5;1-5-8-9-12(7-3)10-15-13(14)11(4)6-2;1-4-10(3)11(12)15-9-8-14-7-6-13-5-2/h12H,8-11H2,1-7H3;11-12H,5-10H2,1-4H3;10H,4-9H2,1-3H3. The molecular formula is C37H78O9Si2. The molecule has 0 fully saturated rings. The molecular weight excluding hydrogens is 645 g/mol. The number of carbonyl (C=O) groups excluding carboxylic acids is 3. The van der Waals surface area contributed by atoms with Gasteiger partial charge in [-0.1, -0.05) is 74.7 Å². The Morgan fingerprint density at radius 2 is 1.02 bits per heavy atom. The maximum atomic E-state index is 11.5. The lowest BCUT2D eigenvalue weighted by Crippen LogP contribution is -2.42. The summed E-state index contributed by atoms with van der Waals surface area (Å²) in [5, 5.41) is 0. The van der Waals surface area contributed by atoms with Crippen LogP contribution in [0.25, 0.3) is 0 Å². The molecule has 0 aliphatic rings. The van der Waals surface area contributed by atoms with Crippen LogP contribution in [0.4, 0.5) is 0 Å². The van der Waals surface area contributed by atoms with Crippen molar-refractivity contribution in [3.63, 3.8) is 0 Å². The molecule has 4 atom stereocenters. The second-order valence-electron chi connectivity index (χ2n) is 14.2. The molecule has 0 radical (unpaired) electrons. The van der Waals surface area contributed by atoms with Crippen molar-refractivity contribution in [3.8, 4) is 0 Å². The van der Waals surface area contributed by atoms with Crippen molar-refractivity contribution >= 4 is 34.5 Å². The third-order valence-corrected chi connectivity index (χ3v) is 14.1. The van der Waals surface area contributed by atoms with Gasteiger partial charge in [-0.25, -0.2) is 0 Å². The zero-order chi connectivity index (χ0) is 37.6. The Hall–Kier alpha value is -1.28. The molecule has 0 bridgehead atoms. The topological polar surface area (TPSA) is 107 Å². The van der Waals surface area contributed by atoms with Crippen LogP contribution in [0.2, 0.25) is 38.8 Å². The summed E-state index contributed by atoms with van der Waals surface area (Å²) in [5.74, 6) is 0.356. The quantitative estimate of drug-likeness (QED) is 0.0394. The van der Waals surface area contributed by atoms with E-state index in [0.717, 1.165) is 38.1 Å². The number of rotatable bonds is 25. The van der Waals surface area contributed by atoms with Crippen molar-refractivity contribution in [1.29, 1.82) is 0 Å². The molecule has 0 amide bonds. The molecule has 48 heavy (non-hydrogen) atoms. The van der Waals surface area contributed by atoms with Gasteiger partial charge < -0.3 is 27.8 Å². The van der Waals surface area contributed by atoms with E-state index in [0.29, 0.717) is 52.2 Å².